The van der Waals surface area contributed by atoms with Gasteiger partial charge in [-0.1, -0.05) is 23.5 Å². The predicted molar refractivity (Wildman–Crippen MR) is 86.3 cm³/mol. The van der Waals surface area contributed by atoms with Gasteiger partial charge < -0.3 is 5.32 Å². The molecule has 4 saturated carbocycles. The minimum Gasteiger partial charge on any atom is -0.350 e. The summed E-state index contributed by atoms with van der Waals surface area (Å²) in [4.78, 5) is 16.7. The molecule has 0 aromatic heterocycles. The quantitative estimate of drug-likeness (QED) is 0.871. The van der Waals surface area contributed by atoms with E-state index in [2.05, 4.69) is 10.3 Å². The van der Waals surface area contributed by atoms with Gasteiger partial charge in [0.25, 0.3) is 0 Å². The van der Waals surface area contributed by atoms with Crippen LogP contribution in [0.3, 0.4) is 0 Å². The maximum absolute atomic E-state index is 12.3. The minimum atomic E-state index is 0.164. The number of amides is 1. The van der Waals surface area contributed by atoms with Crippen LogP contribution < -0.4 is 5.32 Å². The first kappa shape index (κ1) is 13.5. The lowest BCUT2D eigenvalue weighted by Gasteiger charge is -2.56. The van der Waals surface area contributed by atoms with Crippen LogP contribution in [0.15, 0.2) is 4.99 Å². The standard InChI is InChI=1S/C15H22N2OS2/c18-13(9-20-14-16-1-2-19-14)17-15-6-10-3-11(7-15)5-12(4-10)8-15/h10-12H,1-9H2,(H,17,18). The summed E-state index contributed by atoms with van der Waals surface area (Å²) in [6, 6.07) is 0. The van der Waals surface area contributed by atoms with Crippen molar-refractivity contribution in [3.63, 3.8) is 0 Å². The Hall–Kier alpha value is -0.160. The lowest BCUT2D eigenvalue weighted by Crippen LogP contribution is -2.60. The van der Waals surface area contributed by atoms with Crippen molar-refractivity contribution >= 4 is 33.8 Å². The molecule has 0 unspecified atom stereocenters. The van der Waals surface area contributed by atoms with Crippen LogP contribution in [0.5, 0.6) is 0 Å². The minimum absolute atomic E-state index is 0.164. The fraction of sp³-hybridized carbons (Fsp3) is 0.867. The van der Waals surface area contributed by atoms with E-state index in [-0.39, 0.29) is 11.4 Å². The van der Waals surface area contributed by atoms with E-state index in [1.54, 1.807) is 23.5 Å². The monoisotopic (exact) mass is 310 g/mol. The molecule has 1 heterocycles. The van der Waals surface area contributed by atoms with Gasteiger partial charge in [-0.2, -0.15) is 0 Å². The topological polar surface area (TPSA) is 41.5 Å². The molecule has 5 rings (SSSR count). The molecule has 1 amide bonds. The Morgan fingerprint density at radius 2 is 1.90 bits per heavy atom. The van der Waals surface area contributed by atoms with Crippen molar-refractivity contribution in [2.75, 3.05) is 18.1 Å². The first-order valence-electron chi connectivity index (χ1n) is 7.82. The van der Waals surface area contributed by atoms with Crippen molar-refractivity contribution in [2.45, 2.75) is 44.1 Å². The molecule has 0 radical (unpaired) electrons. The van der Waals surface area contributed by atoms with Crippen molar-refractivity contribution in [3.8, 4) is 0 Å². The van der Waals surface area contributed by atoms with Crippen molar-refractivity contribution in [3.05, 3.63) is 0 Å². The summed E-state index contributed by atoms with van der Waals surface area (Å²) >= 11 is 3.41. The Kier molecular flexibility index (Phi) is 3.53. The highest BCUT2D eigenvalue weighted by Gasteiger charge is 2.51. The molecule has 5 heteroatoms. The van der Waals surface area contributed by atoms with E-state index >= 15 is 0 Å². The Labute approximate surface area is 129 Å². The smallest absolute Gasteiger partial charge is 0.230 e. The first-order valence-corrected chi connectivity index (χ1v) is 9.79. The van der Waals surface area contributed by atoms with Crippen molar-refractivity contribution in [1.82, 2.24) is 5.32 Å². The zero-order valence-corrected chi connectivity index (χ0v) is 13.4. The molecule has 20 heavy (non-hydrogen) atoms. The fourth-order valence-electron chi connectivity index (χ4n) is 5.13. The largest absolute Gasteiger partial charge is 0.350 e. The maximum atomic E-state index is 12.3. The Morgan fingerprint density at radius 1 is 1.25 bits per heavy atom. The van der Waals surface area contributed by atoms with Gasteiger partial charge in [0.15, 0.2) is 0 Å². The third kappa shape index (κ3) is 2.63. The van der Waals surface area contributed by atoms with Gasteiger partial charge in [-0.15, -0.1) is 0 Å². The van der Waals surface area contributed by atoms with Gasteiger partial charge in [-0.05, 0) is 56.3 Å². The van der Waals surface area contributed by atoms with E-state index in [4.69, 9.17) is 0 Å². The molecule has 5 aliphatic rings. The summed E-state index contributed by atoms with van der Waals surface area (Å²) in [6.07, 6.45) is 8.01. The van der Waals surface area contributed by atoms with Crippen LogP contribution in [0, 0.1) is 17.8 Å². The highest BCUT2D eigenvalue weighted by molar-refractivity contribution is 8.39. The Balaban J connectivity index is 1.35. The van der Waals surface area contributed by atoms with Crippen LogP contribution in [-0.2, 0) is 4.79 Å². The molecule has 0 aromatic rings. The number of hydrogen-bond acceptors (Lipinski definition) is 4. The second-order valence-corrected chi connectivity index (χ2v) is 9.34. The highest BCUT2D eigenvalue weighted by atomic mass is 32.2. The molecule has 4 bridgehead atoms. The van der Waals surface area contributed by atoms with Crippen LogP contribution >= 0.6 is 23.5 Å². The SMILES string of the molecule is O=C(CSC1=NCCS1)NC12CC3CC(CC(C3)C1)C2. The third-order valence-electron chi connectivity index (χ3n) is 5.33. The van der Waals surface area contributed by atoms with E-state index in [0.29, 0.717) is 5.75 Å². The van der Waals surface area contributed by atoms with E-state index in [9.17, 15) is 4.79 Å². The summed E-state index contributed by atoms with van der Waals surface area (Å²) in [6.45, 7) is 0.920. The molecule has 0 aromatic carbocycles. The molecule has 0 saturated heterocycles. The van der Waals surface area contributed by atoms with Crippen LogP contribution in [0.1, 0.15) is 38.5 Å². The van der Waals surface area contributed by atoms with Crippen LogP contribution in [0.2, 0.25) is 0 Å². The molecule has 1 aliphatic heterocycles. The van der Waals surface area contributed by atoms with Gasteiger partial charge in [-0.25, -0.2) is 0 Å². The number of thioether (sulfide) groups is 2. The average Bonchev–Trinajstić information content (AvgIpc) is 2.87. The summed E-state index contributed by atoms with van der Waals surface area (Å²) in [7, 11) is 0. The second-order valence-electron chi connectivity index (χ2n) is 7.03. The predicted octanol–water partition coefficient (Wildman–Crippen LogP) is 2.91. The van der Waals surface area contributed by atoms with Gasteiger partial charge in [0.1, 0.15) is 4.38 Å². The van der Waals surface area contributed by atoms with E-state index < -0.39 is 0 Å². The fourth-order valence-corrected chi connectivity index (χ4v) is 6.93. The van der Waals surface area contributed by atoms with Crippen LogP contribution in [-0.4, -0.2) is 33.9 Å². The number of aliphatic imine (C=N–C) groups is 1. The number of nitrogens with one attached hydrogen (secondary N) is 1. The van der Waals surface area contributed by atoms with Gasteiger partial charge >= 0.3 is 0 Å². The third-order valence-corrected chi connectivity index (χ3v) is 7.58. The highest BCUT2D eigenvalue weighted by Crippen LogP contribution is 2.55. The molecule has 3 nitrogen and oxygen atoms in total. The summed E-state index contributed by atoms with van der Waals surface area (Å²) in [5.41, 5.74) is 0.164. The molecule has 0 spiro atoms. The molecule has 4 fully saturated rings. The number of rotatable bonds is 3. The number of carbonyl (C=O) groups excluding carboxylic acids is 1. The molecule has 4 aliphatic carbocycles. The van der Waals surface area contributed by atoms with Gasteiger partial charge in [0, 0.05) is 11.3 Å². The summed E-state index contributed by atoms with van der Waals surface area (Å²) < 4.78 is 1.10. The van der Waals surface area contributed by atoms with Crippen LogP contribution in [0.4, 0.5) is 0 Å². The molecule has 1 N–H and O–H groups in total. The lowest BCUT2D eigenvalue weighted by atomic mass is 9.53. The van der Waals surface area contributed by atoms with E-state index in [1.165, 1.54) is 38.5 Å². The molecule has 110 valence electrons. The van der Waals surface area contributed by atoms with Crippen molar-refractivity contribution in [2.24, 2.45) is 22.7 Å². The van der Waals surface area contributed by atoms with Gasteiger partial charge in [0.05, 0.1) is 12.3 Å². The number of hydrogen-bond donors (Lipinski definition) is 1. The van der Waals surface area contributed by atoms with Crippen LogP contribution in [0.25, 0.3) is 0 Å². The lowest BCUT2D eigenvalue weighted by molar-refractivity contribution is -0.124. The van der Waals surface area contributed by atoms with Crippen molar-refractivity contribution in [1.29, 1.82) is 0 Å². The second kappa shape index (κ2) is 5.24. The molecule has 0 atom stereocenters. The molecular weight excluding hydrogens is 288 g/mol. The van der Waals surface area contributed by atoms with Crippen molar-refractivity contribution < 1.29 is 4.79 Å². The summed E-state index contributed by atoms with van der Waals surface area (Å²) in [5, 5.41) is 3.42. The number of carbonyl (C=O) groups is 1. The van der Waals surface area contributed by atoms with E-state index in [1.807, 2.05) is 0 Å². The van der Waals surface area contributed by atoms with Gasteiger partial charge in [-0.3, -0.25) is 9.79 Å². The first-order chi connectivity index (χ1) is 9.71. The maximum Gasteiger partial charge on any atom is 0.230 e. The zero-order valence-electron chi connectivity index (χ0n) is 11.8. The normalized spacial score (nSPS) is 41.8. The number of nitrogens with zero attached hydrogens (tertiary/aromatic N) is 1. The molecular formula is C15H22N2OS2. The zero-order chi connectivity index (χ0) is 13.6. The summed E-state index contributed by atoms with van der Waals surface area (Å²) in [5.74, 6) is 4.54. The Morgan fingerprint density at radius 3 is 2.45 bits per heavy atom. The van der Waals surface area contributed by atoms with E-state index in [0.717, 1.165) is 34.4 Å². The van der Waals surface area contributed by atoms with Gasteiger partial charge in [0.2, 0.25) is 5.91 Å². The average molecular weight is 310 g/mol. The Bertz CT molecular complexity index is 414.